The minimum absolute atomic E-state index is 0.0911. The topological polar surface area (TPSA) is 45.1 Å². The number of hydrogen-bond acceptors (Lipinski definition) is 4. The van der Waals surface area contributed by atoms with E-state index < -0.39 is 51.1 Å². The average Bonchev–Trinajstić information content (AvgIpc) is 3.46. The molecule has 0 aromatic heterocycles. The summed E-state index contributed by atoms with van der Waals surface area (Å²) in [5.74, 6) is 0. The number of halogens is 8. The smallest absolute Gasteiger partial charge is 0.382 e. The van der Waals surface area contributed by atoms with Crippen LogP contribution in [0, 0.1) is 0 Å². The lowest BCUT2D eigenvalue weighted by molar-refractivity contribution is -0.276. The highest BCUT2D eigenvalue weighted by molar-refractivity contribution is 6.42. The summed E-state index contributed by atoms with van der Waals surface area (Å²) in [5.41, 5.74) is -3.99. The van der Waals surface area contributed by atoms with Crippen LogP contribution in [0.25, 0.3) is 0 Å². The molecule has 0 spiro atoms. The van der Waals surface area contributed by atoms with Crippen molar-refractivity contribution in [2.75, 3.05) is 13.1 Å². The number of rotatable bonds is 6. The Bertz CT molecular complexity index is 1690. The number of aliphatic hydroxyl groups is 1. The molecule has 4 aromatic rings. The summed E-state index contributed by atoms with van der Waals surface area (Å²) < 4.78 is 84.1. The van der Waals surface area contributed by atoms with E-state index in [2.05, 4.69) is 10.1 Å². The Morgan fingerprint density at radius 1 is 0.778 bits per heavy atom. The van der Waals surface area contributed by atoms with Crippen molar-refractivity contribution in [2.24, 2.45) is 5.16 Å². The molecular formula is C33H24Cl2F6N2O2. The molecule has 1 atom stereocenters. The number of benzene rings is 4. The van der Waals surface area contributed by atoms with E-state index in [9.17, 15) is 31.4 Å². The zero-order chi connectivity index (χ0) is 32.2. The van der Waals surface area contributed by atoms with E-state index in [0.29, 0.717) is 30.8 Å². The zero-order valence-corrected chi connectivity index (χ0v) is 24.7. The fourth-order valence-electron chi connectivity index (χ4n) is 5.94. The highest BCUT2D eigenvalue weighted by atomic mass is 35.5. The molecule has 0 saturated carbocycles. The minimum atomic E-state index is -5.16. The van der Waals surface area contributed by atoms with Gasteiger partial charge in [-0.25, -0.2) is 0 Å². The molecule has 0 aliphatic carbocycles. The summed E-state index contributed by atoms with van der Waals surface area (Å²) in [5, 5.41) is 13.5. The van der Waals surface area contributed by atoms with Gasteiger partial charge in [-0.15, -0.1) is 0 Å². The normalized spacial score (nSPS) is 20.1. The van der Waals surface area contributed by atoms with Crippen LogP contribution in [0.1, 0.15) is 45.8 Å². The molecule has 1 saturated heterocycles. The van der Waals surface area contributed by atoms with Gasteiger partial charge in [0.15, 0.2) is 0 Å². The van der Waals surface area contributed by atoms with Crippen molar-refractivity contribution in [2.45, 2.75) is 36.0 Å². The van der Waals surface area contributed by atoms with Gasteiger partial charge >= 0.3 is 12.4 Å². The maximum absolute atomic E-state index is 14.5. The van der Waals surface area contributed by atoms with Crippen LogP contribution in [0.3, 0.4) is 0 Å². The van der Waals surface area contributed by atoms with Crippen LogP contribution in [0.4, 0.5) is 26.3 Å². The molecule has 2 aliphatic rings. The molecule has 1 N–H and O–H groups in total. The highest BCUT2D eigenvalue weighted by Gasteiger charge is 2.63. The molecular weight excluding hydrogens is 641 g/mol. The van der Waals surface area contributed by atoms with Crippen LogP contribution in [-0.2, 0) is 22.2 Å². The molecule has 1 fully saturated rings. The summed E-state index contributed by atoms with van der Waals surface area (Å²) in [6, 6.07) is 26.9. The molecule has 6 rings (SSSR count). The molecule has 0 bridgehead atoms. The Hall–Kier alpha value is -3.57. The summed E-state index contributed by atoms with van der Waals surface area (Å²) in [6.07, 6.45) is -11.1. The van der Waals surface area contributed by atoms with E-state index >= 15 is 0 Å². The molecule has 0 radical (unpaired) electrons. The van der Waals surface area contributed by atoms with E-state index in [1.165, 1.54) is 12.1 Å². The first-order valence-corrected chi connectivity index (χ1v) is 14.5. The summed E-state index contributed by atoms with van der Waals surface area (Å²) in [4.78, 5) is 7.05. The number of nitrogens with zero attached hydrogens (tertiary/aromatic N) is 2. The molecule has 12 heteroatoms. The molecule has 2 heterocycles. The predicted molar refractivity (Wildman–Crippen MR) is 158 cm³/mol. The van der Waals surface area contributed by atoms with Gasteiger partial charge in [0, 0.05) is 25.1 Å². The van der Waals surface area contributed by atoms with Gasteiger partial charge in [-0.1, -0.05) is 113 Å². The zero-order valence-electron chi connectivity index (χ0n) is 23.2. The molecule has 234 valence electrons. The first-order chi connectivity index (χ1) is 21.2. The van der Waals surface area contributed by atoms with E-state index in [4.69, 9.17) is 28.0 Å². The summed E-state index contributed by atoms with van der Waals surface area (Å²) in [7, 11) is 0. The second kappa shape index (κ2) is 11.3. The van der Waals surface area contributed by atoms with E-state index in [1.807, 2.05) is 60.7 Å². The van der Waals surface area contributed by atoms with E-state index in [-0.39, 0.29) is 17.3 Å². The number of likely N-dealkylation sites (tertiary alicyclic amines) is 1. The van der Waals surface area contributed by atoms with Gasteiger partial charge in [-0.05, 0) is 34.4 Å². The van der Waals surface area contributed by atoms with Gasteiger partial charge < -0.3 is 9.94 Å². The van der Waals surface area contributed by atoms with Gasteiger partial charge in [0.2, 0.25) is 0 Å². The molecule has 4 aromatic carbocycles. The molecule has 1 unspecified atom stereocenters. The third kappa shape index (κ3) is 5.69. The largest absolute Gasteiger partial charge is 0.435 e. The van der Waals surface area contributed by atoms with Crippen molar-refractivity contribution >= 4 is 28.9 Å². The van der Waals surface area contributed by atoms with Crippen LogP contribution in [0.2, 0.25) is 10.0 Å². The first kappa shape index (κ1) is 31.4. The van der Waals surface area contributed by atoms with E-state index in [0.717, 1.165) is 11.1 Å². The Morgan fingerprint density at radius 2 is 1.33 bits per heavy atom. The van der Waals surface area contributed by atoms with Crippen LogP contribution in [0.15, 0.2) is 102 Å². The van der Waals surface area contributed by atoms with Crippen LogP contribution in [-0.4, -0.2) is 35.0 Å². The summed E-state index contributed by atoms with van der Waals surface area (Å²) >= 11 is 11.5. The number of oxime groups is 1. The SMILES string of the molecule is OC1(c2ccc(C3=NOC(c4cc(Cl)c(Cl)c(C(F)(F)F)c4)(C(F)(F)F)C3)cc2)CN(C(c2ccccc2)c2ccccc2)C1. The van der Waals surface area contributed by atoms with Crippen molar-refractivity contribution in [3.8, 4) is 0 Å². The maximum Gasteiger partial charge on any atom is 0.435 e. The maximum atomic E-state index is 14.5. The van der Waals surface area contributed by atoms with Crippen molar-refractivity contribution in [1.82, 2.24) is 4.90 Å². The Kier molecular flexibility index (Phi) is 7.92. The Labute approximate surface area is 264 Å². The number of hydrogen-bond donors (Lipinski definition) is 1. The molecule has 2 aliphatic heterocycles. The lowest BCUT2D eigenvalue weighted by Gasteiger charge is -2.50. The lowest BCUT2D eigenvalue weighted by atomic mass is 9.81. The third-order valence-electron chi connectivity index (χ3n) is 8.27. The van der Waals surface area contributed by atoms with Crippen molar-refractivity contribution in [3.05, 3.63) is 140 Å². The lowest BCUT2D eigenvalue weighted by Crippen LogP contribution is -2.60. The molecule has 0 amide bonds. The molecule has 4 nitrogen and oxygen atoms in total. The van der Waals surface area contributed by atoms with Gasteiger partial charge in [0.05, 0.1) is 27.4 Å². The Morgan fingerprint density at radius 3 is 1.84 bits per heavy atom. The van der Waals surface area contributed by atoms with Crippen molar-refractivity contribution in [1.29, 1.82) is 0 Å². The highest BCUT2D eigenvalue weighted by Crippen LogP contribution is 2.51. The first-order valence-electron chi connectivity index (χ1n) is 13.8. The Balaban J connectivity index is 1.23. The van der Waals surface area contributed by atoms with Crippen LogP contribution >= 0.6 is 23.2 Å². The average molecular weight is 665 g/mol. The van der Waals surface area contributed by atoms with Crippen LogP contribution in [0.5, 0.6) is 0 Å². The molecule has 45 heavy (non-hydrogen) atoms. The van der Waals surface area contributed by atoms with Crippen LogP contribution < -0.4 is 0 Å². The third-order valence-corrected chi connectivity index (χ3v) is 9.07. The fourth-order valence-corrected chi connectivity index (χ4v) is 6.37. The predicted octanol–water partition coefficient (Wildman–Crippen LogP) is 8.89. The quantitative estimate of drug-likeness (QED) is 0.209. The fraction of sp³-hybridized carbons (Fsp3) is 0.242. The second-order valence-corrected chi connectivity index (χ2v) is 12.0. The van der Waals surface area contributed by atoms with Gasteiger partial charge in [-0.2, -0.15) is 26.3 Å². The van der Waals surface area contributed by atoms with Gasteiger partial charge in [0.1, 0.15) is 5.60 Å². The summed E-state index contributed by atoms with van der Waals surface area (Å²) in [6.45, 7) is 0.613. The van der Waals surface area contributed by atoms with Crippen molar-refractivity contribution < 1.29 is 36.3 Å². The number of β-amino-alcohol motifs (C(OH)–C–C–N with tert-alkyl or cyclic N) is 1. The number of alkyl halides is 6. The van der Waals surface area contributed by atoms with Gasteiger partial charge in [-0.3, -0.25) is 4.90 Å². The minimum Gasteiger partial charge on any atom is -0.382 e. The second-order valence-electron chi connectivity index (χ2n) is 11.2. The standard InChI is InChI=1S/C33H24Cl2F6N2O2/c34-26-16-24(15-25(28(26)35)32(36,37)38)31(33(39,40)41)17-27(42-45-31)20-11-13-23(14-12-20)30(44)18-43(19-30)29(21-7-3-1-4-8-21)22-9-5-2-6-10-22/h1-16,29,44H,17-19H2. The van der Waals surface area contributed by atoms with Gasteiger partial charge in [0.25, 0.3) is 5.60 Å². The monoisotopic (exact) mass is 664 g/mol. The van der Waals surface area contributed by atoms with Crippen molar-refractivity contribution in [3.63, 3.8) is 0 Å². The van der Waals surface area contributed by atoms with E-state index in [1.54, 1.807) is 12.1 Å².